The molecular weight excluding hydrogens is 172 g/mol. The van der Waals surface area contributed by atoms with Gasteiger partial charge >= 0.3 is 84.6 Å². The van der Waals surface area contributed by atoms with E-state index in [-0.39, 0.29) is 86.7 Å². The van der Waals surface area contributed by atoms with Crippen LogP contribution in [0.15, 0.2) is 0 Å². The Balaban J connectivity index is -0.00000000214. The van der Waals surface area contributed by atoms with Gasteiger partial charge in [0.25, 0.3) is 0 Å². The van der Waals surface area contributed by atoms with Gasteiger partial charge in [0.15, 0.2) is 0 Å². The van der Waals surface area contributed by atoms with Crippen LogP contribution in [0.5, 0.6) is 0 Å². The van der Waals surface area contributed by atoms with Gasteiger partial charge in [-0.2, -0.15) is 0 Å². The van der Waals surface area contributed by atoms with Crippen LogP contribution < -0.4 is 0 Å². The summed E-state index contributed by atoms with van der Waals surface area (Å²) in [6.07, 6.45) is 0. The fraction of sp³-hybridized carbons (Fsp3) is 0. The molecule has 7 heavy (non-hydrogen) atoms. The summed E-state index contributed by atoms with van der Waals surface area (Å²) in [6.45, 7) is 0. The third kappa shape index (κ3) is 68.5. The monoisotopic (exact) mass is 180 g/mol. The number of hydrogen-bond donors (Lipinski definition) is 2. The van der Waals surface area contributed by atoms with E-state index in [0.29, 0.717) is 0 Å². The minimum Gasteiger partial charge on any atom is -1.00 e. The number of hydrogen-bond acceptors (Lipinski definition) is 1. The van der Waals surface area contributed by atoms with Gasteiger partial charge in [0.05, 0.1) is 0 Å². The topological polar surface area (TPSA) is 89.0 Å². The first-order chi connectivity index (χ1) is 1.73. The average molecular weight is 180 g/mol. The molecule has 4 N–H and O–H groups in total. The summed E-state index contributed by atoms with van der Waals surface area (Å²) in [4.78, 5) is 14.3. The molecule has 0 saturated heterocycles. The van der Waals surface area contributed by atoms with Crippen LogP contribution in [-0.2, 0) is 4.46 Å². The van der Waals surface area contributed by atoms with Crippen molar-refractivity contribution in [3.63, 3.8) is 0 Å². The maximum Gasteiger partial charge on any atom is 2.00 e. The van der Waals surface area contributed by atoms with Gasteiger partial charge in [-0.1, -0.05) is 0 Å². The molecule has 0 amide bonds. The molecule has 0 saturated carbocycles. The first kappa shape index (κ1) is 23.0. The van der Waals surface area contributed by atoms with Crippen LogP contribution >= 0.6 is 0 Å². The summed E-state index contributed by atoms with van der Waals surface area (Å²) in [5.41, 5.74) is 0. The second-order valence-corrected chi connectivity index (χ2v) is 0.848. The van der Waals surface area contributed by atoms with Gasteiger partial charge < -0.3 is 20.8 Å². The molecule has 0 aromatic rings. The number of rotatable bonds is 0. The van der Waals surface area contributed by atoms with Crippen LogP contribution in [0.25, 0.3) is 0 Å². The Hall–Kier alpha value is 2.10. The van der Waals surface area contributed by atoms with E-state index in [4.69, 9.17) is 14.1 Å². The predicted molar refractivity (Wildman–Crippen MR) is 30.4 cm³/mol. The molecule has 0 unspecified atom stereocenters. The van der Waals surface area contributed by atoms with Crippen LogP contribution in [0.1, 0.15) is 5.71 Å². The molecule has 0 aliphatic heterocycles. The normalized spacial score (nSPS) is 3.43. The zero-order chi connectivity index (χ0) is 3.58. The SMILES string of the molecule is O.O=[Si](O)O.[Ca+2].[Ca+2].[H-].[H-].[H-].[H-]. The van der Waals surface area contributed by atoms with Gasteiger partial charge in [0, 0.05) is 0 Å². The van der Waals surface area contributed by atoms with E-state index in [0.717, 1.165) is 0 Å². The van der Waals surface area contributed by atoms with E-state index >= 15 is 0 Å². The van der Waals surface area contributed by atoms with Crippen molar-refractivity contribution in [3.05, 3.63) is 0 Å². The van der Waals surface area contributed by atoms with Gasteiger partial charge in [-0.05, 0) is 0 Å². The van der Waals surface area contributed by atoms with E-state index in [1.54, 1.807) is 0 Å². The molecule has 0 aliphatic rings. The fourth-order valence-corrected chi connectivity index (χ4v) is 0. The van der Waals surface area contributed by atoms with Gasteiger partial charge in [-0.25, -0.2) is 0 Å². The standard InChI is InChI=1S/2Ca.H2O3Si.H2O.4H/c;;1-4(2)3;;;;;/h;;1-2H;1H2;;;;/q2*+2;;;4*-1. The summed E-state index contributed by atoms with van der Waals surface area (Å²) < 4.78 is 8.74. The average Bonchev–Trinajstić information content (AvgIpc) is 0.811. The van der Waals surface area contributed by atoms with E-state index < -0.39 is 9.17 Å². The maximum atomic E-state index is 8.74. The second kappa shape index (κ2) is 15.7. The molecule has 0 heterocycles. The summed E-state index contributed by atoms with van der Waals surface area (Å²) in [5, 5.41) is 0. The second-order valence-electron chi connectivity index (χ2n) is 0.283. The van der Waals surface area contributed by atoms with Crippen LogP contribution in [0.3, 0.4) is 0 Å². The van der Waals surface area contributed by atoms with Gasteiger partial charge in [0.2, 0.25) is 0 Å². The molecule has 0 rings (SSSR count). The van der Waals surface area contributed by atoms with Crippen LogP contribution in [0.2, 0.25) is 0 Å². The third-order valence-electron chi connectivity index (χ3n) is 0. The van der Waals surface area contributed by atoms with E-state index in [1.807, 2.05) is 0 Å². The van der Waals surface area contributed by atoms with Crippen molar-refractivity contribution in [2.75, 3.05) is 0 Å². The minimum absolute atomic E-state index is 0. The van der Waals surface area contributed by atoms with Crippen molar-refractivity contribution in [1.29, 1.82) is 0 Å². The van der Waals surface area contributed by atoms with Crippen LogP contribution in [-0.4, -0.2) is 99.7 Å². The quantitative estimate of drug-likeness (QED) is 0.396. The summed E-state index contributed by atoms with van der Waals surface area (Å²) in [5.74, 6) is 0. The molecule has 40 valence electrons. The Bertz CT molecular complexity index is 43.1. The molecule has 0 radical (unpaired) electrons. The zero-order valence-electron chi connectivity index (χ0n) is 7.72. The molecule has 0 fully saturated rings. The molecule has 4 nitrogen and oxygen atoms in total. The largest absolute Gasteiger partial charge is 2.00 e. The van der Waals surface area contributed by atoms with E-state index in [9.17, 15) is 0 Å². The van der Waals surface area contributed by atoms with Crippen molar-refractivity contribution < 1.29 is 25.2 Å². The van der Waals surface area contributed by atoms with E-state index in [1.165, 1.54) is 0 Å². The van der Waals surface area contributed by atoms with Gasteiger partial charge in [-0.15, -0.1) is 0 Å². The van der Waals surface area contributed by atoms with Crippen molar-refractivity contribution in [1.82, 2.24) is 0 Å². The minimum atomic E-state index is -3.13. The van der Waals surface area contributed by atoms with Crippen LogP contribution in [0.4, 0.5) is 0 Å². The van der Waals surface area contributed by atoms with Crippen molar-refractivity contribution in [2.24, 2.45) is 0 Å². The van der Waals surface area contributed by atoms with Crippen molar-refractivity contribution in [3.8, 4) is 0 Å². The summed E-state index contributed by atoms with van der Waals surface area (Å²) >= 11 is 0. The van der Waals surface area contributed by atoms with Gasteiger partial charge in [0.1, 0.15) is 0 Å². The Morgan fingerprint density at radius 1 is 1.29 bits per heavy atom. The Morgan fingerprint density at radius 2 is 1.29 bits per heavy atom. The molecule has 7 heteroatoms. The molecule has 0 spiro atoms. The summed E-state index contributed by atoms with van der Waals surface area (Å²) in [6, 6.07) is 0. The zero-order valence-corrected chi connectivity index (χ0v) is 9.13. The molecule has 0 aliphatic carbocycles. The third-order valence-corrected chi connectivity index (χ3v) is 0. The first-order valence-corrected chi connectivity index (χ1v) is 1.95. The molecule has 0 aromatic heterocycles. The molecule has 0 aromatic carbocycles. The van der Waals surface area contributed by atoms with Crippen molar-refractivity contribution >= 4 is 84.6 Å². The Labute approximate surface area is 108 Å². The Morgan fingerprint density at radius 3 is 1.29 bits per heavy atom. The van der Waals surface area contributed by atoms with Crippen molar-refractivity contribution in [2.45, 2.75) is 0 Å². The first-order valence-electron chi connectivity index (χ1n) is 0.651. The summed E-state index contributed by atoms with van der Waals surface area (Å²) in [7, 11) is -3.13. The fourth-order valence-electron chi connectivity index (χ4n) is 0. The van der Waals surface area contributed by atoms with Crippen LogP contribution in [0, 0.1) is 0 Å². The molecule has 0 bridgehead atoms. The molecular formula is H8Ca2O4Si. The predicted octanol–water partition coefficient (Wildman–Crippen LogP) is -2.75. The van der Waals surface area contributed by atoms with Gasteiger partial charge in [-0.3, -0.25) is 4.46 Å². The maximum absolute atomic E-state index is 8.74. The smallest absolute Gasteiger partial charge is 1.00 e. The Kier molecular flexibility index (Phi) is 51.5. The van der Waals surface area contributed by atoms with E-state index in [2.05, 4.69) is 0 Å². The molecule has 0 atom stereocenters.